The van der Waals surface area contributed by atoms with Crippen molar-refractivity contribution in [1.82, 2.24) is 0 Å². The van der Waals surface area contributed by atoms with Gasteiger partial charge in [0.05, 0.1) is 13.0 Å². The number of anilines is 1. The van der Waals surface area contributed by atoms with E-state index in [1.165, 1.54) is 7.11 Å². The Bertz CT molecular complexity index is 1590. The lowest BCUT2D eigenvalue weighted by molar-refractivity contribution is -0.118. The van der Waals surface area contributed by atoms with Gasteiger partial charge in [-0.1, -0.05) is 60.7 Å². The lowest BCUT2D eigenvalue weighted by Crippen LogP contribution is -2.22. The van der Waals surface area contributed by atoms with Gasteiger partial charge in [0.25, 0.3) is 5.91 Å². The monoisotopic (exact) mass is 491 g/mol. The number of nitrogens with zero attached hydrogens (tertiary/aromatic N) is 1. The topological polar surface area (TPSA) is 107 Å². The number of methoxy groups -OCH3 is 1. The number of nitriles is 1. The van der Waals surface area contributed by atoms with Crippen LogP contribution in [0.15, 0.2) is 90.3 Å². The van der Waals surface area contributed by atoms with Gasteiger partial charge in [-0.2, -0.15) is 5.26 Å². The number of para-hydroxylation sites is 1. The van der Waals surface area contributed by atoms with Crippen LogP contribution in [0.25, 0.3) is 10.8 Å². The summed E-state index contributed by atoms with van der Waals surface area (Å²) in [5, 5.41) is 14.7. The second-order valence-electron chi connectivity index (χ2n) is 8.69. The minimum absolute atomic E-state index is 0.0727. The molecule has 1 amide bonds. The van der Waals surface area contributed by atoms with Gasteiger partial charge in [-0.25, -0.2) is 0 Å². The van der Waals surface area contributed by atoms with Crippen molar-refractivity contribution < 1.29 is 19.0 Å². The zero-order valence-corrected chi connectivity index (χ0v) is 20.4. The third-order valence-corrected chi connectivity index (χ3v) is 6.41. The molecule has 3 N–H and O–H groups in total. The Hall–Kier alpha value is -4.96. The van der Waals surface area contributed by atoms with E-state index in [1.54, 1.807) is 12.1 Å². The van der Waals surface area contributed by atoms with Crippen LogP contribution in [0.3, 0.4) is 0 Å². The van der Waals surface area contributed by atoms with Gasteiger partial charge >= 0.3 is 0 Å². The molecule has 7 heteroatoms. The summed E-state index contributed by atoms with van der Waals surface area (Å²) in [5.74, 6) is 0.812. The second-order valence-corrected chi connectivity index (χ2v) is 8.69. The number of hydrogen-bond acceptors (Lipinski definition) is 6. The maximum Gasteiger partial charge on any atom is 0.262 e. The van der Waals surface area contributed by atoms with Crippen molar-refractivity contribution in [2.75, 3.05) is 19.0 Å². The molecule has 0 bridgehead atoms. The van der Waals surface area contributed by atoms with Crippen molar-refractivity contribution in [2.24, 2.45) is 5.73 Å². The fourth-order valence-electron chi connectivity index (χ4n) is 4.56. The molecule has 0 unspecified atom stereocenters. The Morgan fingerprint density at radius 2 is 1.84 bits per heavy atom. The summed E-state index contributed by atoms with van der Waals surface area (Å²) in [6, 6.07) is 26.9. The van der Waals surface area contributed by atoms with Crippen molar-refractivity contribution in [2.45, 2.75) is 12.8 Å². The number of benzene rings is 4. The highest BCUT2D eigenvalue weighted by Crippen LogP contribution is 2.46. The smallest absolute Gasteiger partial charge is 0.262 e. The number of amides is 1. The molecule has 0 aliphatic carbocycles. The van der Waals surface area contributed by atoms with E-state index in [1.807, 2.05) is 73.7 Å². The van der Waals surface area contributed by atoms with Gasteiger partial charge in [-0.05, 0) is 41.6 Å². The summed E-state index contributed by atoms with van der Waals surface area (Å²) in [4.78, 5) is 12.5. The van der Waals surface area contributed by atoms with Gasteiger partial charge in [-0.15, -0.1) is 0 Å². The Morgan fingerprint density at radius 3 is 2.62 bits per heavy atom. The first-order chi connectivity index (χ1) is 18.0. The molecule has 1 atom stereocenters. The number of hydrogen-bond donors (Lipinski definition) is 2. The van der Waals surface area contributed by atoms with Gasteiger partial charge in [0, 0.05) is 16.6 Å². The number of nitrogens with one attached hydrogen (secondary N) is 1. The average molecular weight is 492 g/mol. The Balaban J connectivity index is 1.45. The molecule has 4 aromatic carbocycles. The highest BCUT2D eigenvalue weighted by atomic mass is 16.5. The predicted molar refractivity (Wildman–Crippen MR) is 142 cm³/mol. The number of ether oxygens (including phenoxy) is 3. The number of carbonyl (C=O) groups excluding carboxylic acids is 1. The van der Waals surface area contributed by atoms with Crippen LogP contribution in [0.2, 0.25) is 0 Å². The summed E-state index contributed by atoms with van der Waals surface area (Å²) < 4.78 is 17.3. The molecule has 0 aromatic heterocycles. The normalized spacial score (nSPS) is 14.4. The van der Waals surface area contributed by atoms with E-state index in [0.29, 0.717) is 22.8 Å². The molecule has 1 heterocycles. The first-order valence-corrected chi connectivity index (χ1v) is 11.8. The molecule has 0 fully saturated rings. The number of carbonyl (C=O) groups is 1. The maximum absolute atomic E-state index is 12.5. The number of nitrogens with two attached hydrogens (primary N) is 1. The van der Waals surface area contributed by atoms with Crippen molar-refractivity contribution in [1.29, 1.82) is 5.26 Å². The first kappa shape index (κ1) is 23.8. The summed E-state index contributed by atoms with van der Waals surface area (Å²) in [7, 11) is 1.53. The van der Waals surface area contributed by atoms with Gasteiger partial charge in [0.1, 0.15) is 17.4 Å². The van der Waals surface area contributed by atoms with E-state index in [2.05, 4.69) is 11.4 Å². The molecular formula is C30H25N3O4. The molecule has 7 nitrogen and oxygen atoms in total. The quantitative estimate of drug-likeness (QED) is 0.374. The Kier molecular flexibility index (Phi) is 6.40. The molecule has 0 saturated heterocycles. The Morgan fingerprint density at radius 1 is 1.05 bits per heavy atom. The Labute approximate surface area is 214 Å². The van der Waals surface area contributed by atoms with Crippen molar-refractivity contribution in [3.05, 3.63) is 107 Å². The van der Waals surface area contributed by atoms with Crippen LogP contribution in [0.1, 0.15) is 22.6 Å². The van der Waals surface area contributed by atoms with Crippen molar-refractivity contribution in [3.63, 3.8) is 0 Å². The van der Waals surface area contributed by atoms with Crippen LogP contribution in [0.4, 0.5) is 5.69 Å². The minimum Gasteiger partial charge on any atom is -0.493 e. The van der Waals surface area contributed by atoms with E-state index in [0.717, 1.165) is 33.2 Å². The van der Waals surface area contributed by atoms with Gasteiger partial charge in [-0.3, -0.25) is 4.79 Å². The molecule has 5 rings (SSSR count). The van der Waals surface area contributed by atoms with Crippen LogP contribution >= 0.6 is 0 Å². The molecule has 1 aliphatic rings. The summed E-state index contributed by atoms with van der Waals surface area (Å²) in [5.41, 5.74) is 9.84. The fraction of sp³-hybridized carbons (Fsp3) is 0.133. The van der Waals surface area contributed by atoms with Crippen LogP contribution in [0, 0.1) is 18.3 Å². The summed E-state index contributed by atoms with van der Waals surface area (Å²) >= 11 is 0. The third-order valence-electron chi connectivity index (χ3n) is 6.41. The van der Waals surface area contributed by atoms with E-state index in [4.69, 9.17) is 19.9 Å². The summed E-state index contributed by atoms with van der Waals surface area (Å²) in [6.45, 7) is 1.73. The standard InChI is InChI=1S/C30H25N3O4/c1-18-7-3-6-10-24(18)33-27(34)17-36-25-14-12-20(15-26(25)35-2)28-22-13-11-19-8-4-5-9-21(19)29(22)37-30(32)23(28)16-31/h3-15,28H,17,32H2,1-2H3,(H,33,34)/t28-/m0/s1. The van der Waals surface area contributed by atoms with E-state index in [-0.39, 0.29) is 18.4 Å². The van der Waals surface area contributed by atoms with Gasteiger partial charge in [0.15, 0.2) is 18.1 Å². The number of fused-ring (bicyclic) bond motifs is 3. The molecule has 37 heavy (non-hydrogen) atoms. The third kappa shape index (κ3) is 4.53. The molecule has 4 aromatic rings. The molecule has 1 aliphatic heterocycles. The van der Waals surface area contributed by atoms with E-state index in [9.17, 15) is 10.1 Å². The van der Waals surface area contributed by atoms with Crippen molar-refractivity contribution >= 4 is 22.4 Å². The van der Waals surface area contributed by atoms with Crippen LogP contribution < -0.4 is 25.3 Å². The number of aryl methyl sites for hydroxylation is 1. The van der Waals surface area contributed by atoms with E-state index >= 15 is 0 Å². The van der Waals surface area contributed by atoms with Crippen molar-refractivity contribution in [3.8, 4) is 23.3 Å². The maximum atomic E-state index is 12.5. The zero-order valence-electron chi connectivity index (χ0n) is 20.4. The number of allylic oxidation sites excluding steroid dienone is 1. The lowest BCUT2D eigenvalue weighted by atomic mass is 9.82. The fourth-order valence-corrected chi connectivity index (χ4v) is 4.56. The van der Waals surface area contributed by atoms with Gasteiger partial charge < -0.3 is 25.3 Å². The zero-order chi connectivity index (χ0) is 25.9. The summed E-state index contributed by atoms with van der Waals surface area (Å²) in [6.07, 6.45) is 0. The largest absolute Gasteiger partial charge is 0.493 e. The molecular weight excluding hydrogens is 466 g/mol. The molecule has 0 radical (unpaired) electrons. The second kappa shape index (κ2) is 9.96. The molecule has 0 spiro atoms. The van der Waals surface area contributed by atoms with Crippen LogP contribution in [-0.4, -0.2) is 19.6 Å². The average Bonchev–Trinajstić information content (AvgIpc) is 2.92. The highest BCUT2D eigenvalue weighted by Gasteiger charge is 2.32. The van der Waals surface area contributed by atoms with Crippen LogP contribution in [0.5, 0.6) is 17.2 Å². The first-order valence-electron chi connectivity index (χ1n) is 11.8. The molecule has 0 saturated carbocycles. The minimum atomic E-state index is -0.453. The lowest BCUT2D eigenvalue weighted by Gasteiger charge is -2.28. The van der Waals surface area contributed by atoms with E-state index < -0.39 is 5.92 Å². The highest BCUT2D eigenvalue weighted by molar-refractivity contribution is 5.93. The molecule has 184 valence electrons. The van der Waals surface area contributed by atoms with Crippen LogP contribution in [-0.2, 0) is 4.79 Å². The number of rotatable bonds is 6. The van der Waals surface area contributed by atoms with Gasteiger partial charge in [0.2, 0.25) is 5.88 Å². The SMILES string of the molecule is COc1cc([C@@H]2C(C#N)=C(N)Oc3c2ccc2ccccc32)ccc1OCC(=O)Nc1ccccc1C. The predicted octanol–water partition coefficient (Wildman–Crippen LogP) is 5.39.